The maximum Gasteiger partial charge on any atom is 0.0798 e. The van der Waals surface area contributed by atoms with Gasteiger partial charge >= 0.3 is 0 Å². The third-order valence-electron chi connectivity index (χ3n) is 3.23. The third-order valence-corrected chi connectivity index (χ3v) is 4.13. The van der Waals surface area contributed by atoms with Crippen molar-refractivity contribution >= 4 is 11.3 Å². The molecule has 1 atom stereocenters. The Morgan fingerprint density at radius 3 is 2.94 bits per heavy atom. The fourth-order valence-corrected chi connectivity index (χ4v) is 3.01. The van der Waals surface area contributed by atoms with Crippen LogP contribution in [-0.2, 0) is 6.42 Å². The first-order valence-electron chi connectivity index (χ1n) is 6.25. The van der Waals surface area contributed by atoms with E-state index in [2.05, 4.69) is 23.6 Å². The van der Waals surface area contributed by atoms with Crippen molar-refractivity contribution in [2.45, 2.75) is 51.0 Å². The van der Waals surface area contributed by atoms with E-state index in [-0.39, 0.29) is 6.10 Å². The average Bonchev–Trinajstić information content (AvgIpc) is 2.69. The molecular formula is C14H20OS. The van der Waals surface area contributed by atoms with E-state index in [1.54, 1.807) is 11.3 Å². The van der Waals surface area contributed by atoms with Crippen molar-refractivity contribution in [3.05, 3.63) is 34.0 Å². The Labute approximate surface area is 102 Å². The van der Waals surface area contributed by atoms with Gasteiger partial charge < -0.3 is 5.11 Å². The molecule has 88 valence electrons. The molecule has 1 unspecified atom stereocenters. The van der Waals surface area contributed by atoms with Crippen molar-refractivity contribution < 1.29 is 5.11 Å². The predicted molar refractivity (Wildman–Crippen MR) is 69.8 cm³/mol. The summed E-state index contributed by atoms with van der Waals surface area (Å²) in [4.78, 5) is 1.29. The summed E-state index contributed by atoms with van der Waals surface area (Å²) in [5.41, 5.74) is 1.27. The average molecular weight is 236 g/mol. The summed E-state index contributed by atoms with van der Waals surface area (Å²) >= 11 is 1.74. The topological polar surface area (TPSA) is 20.2 Å². The molecule has 1 aliphatic rings. The number of allylic oxidation sites excluding steroid dienone is 1. The Balaban J connectivity index is 1.94. The molecule has 2 rings (SSSR count). The van der Waals surface area contributed by atoms with E-state index >= 15 is 0 Å². The Hall–Kier alpha value is -0.600. The van der Waals surface area contributed by atoms with E-state index in [0.29, 0.717) is 0 Å². The van der Waals surface area contributed by atoms with Crippen LogP contribution in [0.2, 0.25) is 0 Å². The number of thiophene rings is 1. The molecule has 1 aliphatic carbocycles. The Morgan fingerprint density at radius 2 is 2.12 bits per heavy atom. The maximum absolute atomic E-state index is 10.2. The highest BCUT2D eigenvalue weighted by Crippen LogP contribution is 2.22. The molecule has 0 saturated heterocycles. The standard InChI is InChI=1S/C14H20OS/c15-14(11-13-9-6-10-16-13)12-7-4-2-1-3-5-8-12/h6-7,9-10,14-15H,1-5,8,11H2/b12-7+. The zero-order chi connectivity index (χ0) is 11.2. The van der Waals surface area contributed by atoms with Crippen molar-refractivity contribution in [1.29, 1.82) is 0 Å². The minimum atomic E-state index is -0.253. The number of hydrogen-bond acceptors (Lipinski definition) is 2. The van der Waals surface area contributed by atoms with Gasteiger partial charge in [0.25, 0.3) is 0 Å². The second-order valence-electron chi connectivity index (χ2n) is 4.53. The van der Waals surface area contributed by atoms with E-state index in [9.17, 15) is 5.11 Å². The summed E-state index contributed by atoms with van der Waals surface area (Å²) in [5.74, 6) is 0. The second kappa shape index (κ2) is 6.21. The van der Waals surface area contributed by atoms with E-state index in [4.69, 9.17) is 0 Å². The highest BCUT2D eigenvalue weighted by Gasteiger charge is 2.13. The first-order valence-corrected chi connectivity index (χ1v) is 7.13. The lowest BCUT2D eigenvalue weighted by molar-refractivity contribution is 0.206. The first-order chi connectivity index (χ1) is 7.86. The van der Waals surface area contributed by atoms with Crippen molar-refractivity contribution in [2.75, 3.05) is 0 Å². The van der Waals surface area contributed by atoms with Crippen LogP contribution >= 0.6 is 11.3 Å². The van der Waals surface area contributed by atoms with Gasteiger partial charge in [0, 0.05) is 11.3 Å². The van der Waals surface area contributed by atoms with Gasteiger partial charge in [-0.05, 0) is 42.7 Å². The molecular weight excluding hydrogens is 216 g/mol. The molecule has 0 fully saturated rings. The quantitative estimate of drug-likeness (QED) is 0.788. The predicted octanol–water partition coefficient (Wildman–Crippen LogP) is 3.93. The van der Waals surface area contributed by atoms with Gasteiger partial charge in [0.15, 0.2) is 0 Å². The van der Waals surface area contributed by atoms with Crippen molar-refractivity contribution in [1.82, 2.24) is 0 Å². The van der Waals surface area contributed by atoms with Gasteiger partial charge in [0.1, 0.15) is 0 Å². The molecule has 0 bridgehead atoms. The molecule has 1 aromatic rings. The van der Waals surface area contributed by atoms with Crippen LogP contribution in [0.3, 0.4) is 0 Å². The smallest absolute Gasteiger partial charge is 0.0798 e. The van der Waals surface area contributed by atoms with Gasteiger partial charge in [0.2, 0.25) is 0 Å². The molecule has 0 saturated carbocycles. The van der Waals surface area contributed by atoms with Gasteiger partial charge in [-0.15, -0.1) is 11.3 Å². The normalized spacial score (nSPS) is 22.9. The van der Waals surface area contributed by atoms with Gasteiger partial charge in [-0.1, -0.05) is 25.0 Å². The molecule has 0 aromatic carbocycles. The van der Waals surface area contributed by atoms with Crippen molar-refractivity contribution in [2.24, 2.45) is 0 Å². The fraction of sp³-hybridized carbons (Fsp3) is 0.571. The number of rotatable bonds is 3. The lowest BCUT2D eigenvalue weighted by Gasteiger charge is -2.16. The van der Waals surface area contributed by atoms with Crippen LogP contribution in [0.4, 0.5) is 0 Å². The van der Waals surface area contributed by atoms with Crippen LogP contribution in [-0.4, -0.2) is 11.2 Å². The lowest BCUT2D eigenvalue weighted by Crippen LogP contribution is -2.14. The van der Waals surface area contributed by atoms with Gasteiger partial charge in [-0.25, -0.2) is 0 Å². The Bertz CT molecular complexity index is 327. The van der Waals surface area contributed by atoms with E-state index in [1.807, 2.05) is 0 Å². The molecule has 1 N–H and O–H groups in total. The van der Waals surface area contributed by atoms with Crippen LogP contribution in [0.25, 0.3) is 0 Å². The van der Waals surface area contributed by atoms with Crippen LogP contribution in [0.5, 0.6) is 0 Å². The molecule has 0 spiro atoms. The molecule has 0 aliphatic heterocycles. The molecule has 16 heavy (non-hydrogen) atoms. The zero-order valence-electron chi connectivity index (χ0n) is 9.69. The molecule has 0 radical (unpaired) electrons. The van der Waals surface area contributed by atoms with Gasteiger partial charge in [-0.2, -0.15) is 0 Å². The second-order valence-corrected chi connectivity index (χ2v) is 5.56. The molecule has 1 aromatic heterocycles. The highest BCUT2D eigenvalue weighted by molar-refractivity contribution is 7.09. The van der Waals surface area contributed by atoms with Gasteiger partial charge in [0.05, 0.1) is 6.10 Å². The minimum Gasteiger partial charge on any atom is -0.388 e. The van der Waals surface area contributed by atoms with Crippen LogP contribution in [0, 0.1) is 0 Å². The Morgan fingerprint density at radius 1 is 1.25 bits per heavy atom. The van der Waals surface area contributed by atoms with Crippen molar-refractivity contribution in [3.8, 4) is 0 Å². The maximum atomic E-state index is 10.2. The third kappa shape index (κ3) is 3.46. The van der Waals surface area contributed by atoms with Crippen molar-refractivity contribution in [3.63, 3.8) is 0 Å². The van der Waals surface area contributed by atoms with Crippen LogP contribution in [0.15, 0.2) is 29.2 Å². The summed E-state index contributed by atoms with van der Waals surface area (Å²) in [6.07, 6.45) is 10.3. The Kier molecular flexibility index (Phi) is 4.61. The number of aliphatic hydroxyl groups is 1. The summed E-state index contributed by atoms with van der Waals surface area (Å²) in [6, 6.07) is 4.16. The largest absolute Gasteiger partial charge is 0.388 e. The molecule has 1 heterocycles. The van der Waals surface area contributed by atoms with Crippen LogP contribution < -0.4 is 0 Å². The summed E-state index contributed by atoms with van der Waals surface area (Å²) in [6.45, 7) is 0. The lowest BCUT2D eigenvalue weighted by atomic mass is 9.95. The van der Waals surface area contributed by atoms with E-state index in [1.165, 1.54) is 36.1 Å². The molecule has 2 heteroatoms. The van der Waals surface area contributed by atoms with E-state index in [0.717, 1.165) is 19.3 Å². The molecule has 1 nitrogen and oxygen atoms in total. The first kappa shape index (κ1) is 11.9. The van der Waals surface area contributed by atoms with Gasteiger partial charge in [-0.3, -0.25) is 0 Å². The SMILES string of the molecule is OC(Cc1cccs1)/C1=C/CCCCCC1. The zero-order valence-corrected chi connectivity index (χ0v) is 10.5. The summed E-state index contributed by atoms with van der Waals surface area (Å²) in [7, 11) is 0. The van der Waals surface area contributed by atoms with E-state index < -0.39 is 0 Å². The molecule has 0 amide bonds. The summed E-state index contributed by atoms with van der Waals surface area (Å²) < 4.78 is 0. The monoisotopic (exact) mass is 236 g/mol. The number of hydrogen-bond donors (Lipinski definition) is 1. The highest BCUT2D eigenvalue weighted by atomic mass is 32.1. The minimum absolute atomic E-state index is 0.253. The van der Waals surface area contributed by atoms with Crippen LogP contribution in [0.1, 0.15) is 43.4 Å². The summed E-state index contributed by atoms with van der Waals surface area (Å²) in [5, 5.41) is 12.3. The fourth-order valence-electron chi connectivity index (χ4n) is 2.27. The number of aliphatic hydroxyl groups excluding tert-OH is 1.